The van der Waals surface area contributed by atoms with Gasteiger partial charge in [-0.05, 0) is 24.5 Å². The molecule has 20 heavy (non-hydrogen) atoms. The van der Waals surface area contributed by atoms with Crippen LogP contribution in [-0.4, -0.2) is 41.4 Å². The van der Waals surface area contributed by atoms with E-state index in [0.29, 0.717) is 6.42 Å². The van der Waals surface area contributed by atoms with Crippen molar-refractivity contribution in [3.8, 4) is 6.07 Å². The normalized spacial score (nSPS) is 23.4. The van der Waals surface area contributed by atoms with Gasteiger partial charge < -0.3 is 5.11 Å². The summed E-state index contributed by atoms with van der Waals surface area (Å²) in [5, 5.41) is 18.1. The van der Waals surface area contributed by atoms with Crippen molar-refractivity contribution in [3.63, 3.8) is 0 Å². The van der Waals surface area contributed by atoms with Gasteiger partial charge in [0.25, 0.3) is 0 Å². The highest BCUT2D eigenvalue weighted by Crippen LogP contribution is 2.30. The molecule has 7 nitrogen and oxygen atoms in total. The van der Waals surface area contributed by atoms with E-state index in [2.05, 4.69) is 4.98 Å². The smallest absolute Gasteiger partial charge is 0.322 e. The predicted molar refractivity (Wildman–Crippen MR) is 68.0 cm³/mol. The van der Waals surface area contributed by atoms with Gasteiger partial charge in [-0.1, -0.05) is 6.92 Å². The molecule has 1 fully saturated rings. The first kappa shape index (κ1) is 14.4. The maximum Gasteiger partial charge on any atom is 0.322 e. The highest BCUT2D eigenvalue weighted by molar-refractivity contribution is 7.89. The summed E-state index contributed by atoms with van der Waals surface area (Å²) in [6.45, 7) is 1.82. The van der Waals surface area contributed by atoms with E-state index in [-0.39, 0.29) is 23.1 Å². The molecule has 1 aliphatic heterocycles. The molecule has 0 saturated carbocycles. The zero-order valence-electron chi connectivity index (χ0n) is 10.7. The van der Waals surface area contributed by atoms with Crippen LogP contribution in [0, 0.1) is 17.2 Å². The molecule has 106 valence electrons. The Hall–Kier alpha value is -1.98. The van der Waals surface area contributed by atoms with E-state index < -0.39 is 22.0 Å². The van der Waals surface area contributed by atoms with Crippen LogP contribution in [0.1, 0.15) is 19.0 Å². The molecular formula is C12H13N3O4S. The van der Waals surface area contributed by atoms with Gasteiger partial charge in [0.2, 0.25) is 10.0 Å². The first-order valence-electron chi connectivity index (χ1n) is 5.99. The van der Waals surface area contributed by atoms with Crippen LogP contribution in [0.4, 0.5) is 0 Å². The van der Waals surface area contributed by atoms with E-state index >= 15 is 0 Å². The number of hydrogen-bond donors (Lipinski definition) is 1. The molecule has 1 aliphatic rings. The summed E-state index contributed by atoms with van der Waals surface area (Å²) in [6.07, 6.45) is 1.79. The van der Waals surface area contributed by atoms with Crippen molar-refractivity contribution >= 4 is 16.0 Å². The van der Waals surface area contributed by atoms with Crippen LogP contribution in [0.15, 0.2) is 23.2 Å². The second kappa shape index (κ2) is 5.19. The Bertz CT molecular complexity index is 680. The van der Waals surface area contributed by atoms with Crippen LogP contribution in [-0.2, 0) is 14.8 Å². The van der Waals surface area contributed by atoms with Crippen molar-refractivity contribution in [3.05, 3.63) is 24.0 Å². The van der Waals surface area contributed by atoms with E-state index in [1.54, 1.807) is 13.0 Å². The summed E-state index contributed by atoms with van der Waals surface area (Å²) in [5.41, 5.74) is -0.226. The van der Waals surface area contributed by atoms with Gasteiger partial charge in [0.05, 0.1) is 0 Å². The molecule has 0 spiro atoms. The Kier molecular flexibility index (Phi) is 3.74. The summed E-state index contributed by atoms with van der Waals surface area (Å²) in [5.74, 6) is -1.45. The maximum atomic E-state index is 12.5. The second-order valence-corrected chi connectivity index (χ2v) is 6.49. The molecule has 2 unspecified atom stereocenters. The Morgan fingerprint density at radius 1 is 1.60 bits per heavy atom. The lowest BCUT2D eigenvalue weighted by atomic mass is 10.0. The zero-order chi connectivity index (χ0) is 14.9. The van der Waals surface area contributed by atoms with Gasteiger partial charge in [0.15, 0.2) is 5.69 Å². The first-order chi connectivity index (χ1) is 9.39. The lowest BCUT2D eigenvalue weighted by Crippen LogP contribution is -2.42. The third kappa shape index (κ3) is 2.26. The molecule has 2 atom stereocenters. The molecule has 0 aliphatic carbocycles. The summed E-state index contributed by atoms with van der Waals surface area (Å²) in [6, 6.07) is 3.28. The van der Waals surface area contributed by atoms with Crippen molar-refractivity contribution < 1.29 is 18.3 Å². The molecule has 1 aromatic heterocycles. The number of rotatable bonds is 3. The molecule has 1 N–H and O–H groups in total. The van der Waals surface area contributed by atoms with Crippen LogP contribution in [0.2, 0.25) is 0 Å². The van der Waals surface area contributed by atoms with Crippen molar-refractivity contribution in [2.75, 3.05) is 6.54 Å². The maximum absolute atomic E-state index is 12.5. The van der Waals surface area contributed by atoms with Crippen molar-refractivity contribution in [1.29, 1.82) is 5.26 Å². The first-order valence-corrected chi connectivity index (χ1v) is 7.43. The summed E-state index contributed by atoms with van der Waals surface area (Å²) in [7, 11) is -4.04. The van der Waals surface area contributed by atoms with Gasteiger partial charge in [-0.2, -0.15) is 9.57 Å². The summed E-state index contributed by atoms with van der Waals surface area (Å²) in [4.78, 5) is 14.7. The van der Waals surface area contributed by atoms with E-state index in [1.807, 2.05) is 0 Å². The number of aromatic nitrogens is 1. The van der Waals surface area contributed by atoms with Crippen LogP contribution < -0.4 is 0 Å². The summed E-state index contributed by atoms with van der Waals surface area (Å²) >= 11 is 0. The molecule has 0 aromatic carbocycles. The zero-order valence-corrected chi connectivity index (χ0v) is 11.5. The van der Waals surface area contributed by atoms with Crippen molar-refractivity contribution in [1.82, 2.24) is 9.29 Å². The van der Waals surface area contributed by atoms with Crippen LogP contribution >= 0.6 is 0 Å². The molecule has 1 saturated heterocycles. The SMILES string of the molecule is CC1CCN(S(=O)(=O)c2cccnc2C#N)C1C(=O)O. The Balaban J connectivity index is 2.51. The van der Waals surface area contributed by atoms with E-state index in [4.69, 9.17) is 5.26 Å². The fourth-order valence-electron chi connectivity index (χ4n) is 2.36. The largest absolute Gasteiger partial charge is 0.480 e. The molecule has 0 amide bonds. The molecule has 8 heteroatoms. The predicted octanol–water partition coefficient (Wildman–Crippen LogP) is 0.437. The van der Waals surface area contributed by atoms with Gasteiger partial charge >= 0.3 is 5.97 Å². The minimum absolute atomic E-state index is 0.125. The minimum atomic E-state index is -4.04. The number of pyridine rings is 1. The molecule has 2 rings (SSSR count). The standard InChI is InChI=1S/C12H13N3O4S/c1-8-4-6-15(11(8)12(16)17)20(18,19)10-3-2-5-14-9(10)7-13/h2-3,5,8,11H,4,6H2,1H3,(H,16,17). The van der Waals surface area contributed by atoms with Crippen LogP contribution in [0.5, 0.6) is 0 Å². The van der Waals surface area contributed by atoms with Crippen molar-refractivity contribution in [2.24, 2.45) is 5.92 Å². The highest BCUT2D eigenvalue weighted by Gasteiger charge is 2.44. The fraction of sp³-hybridized carbons (Fsp3) is 0.417. The monoisotopic (exact) mass is 295 g/mol. The lowest BCUT2D eigenvalue weighted by molar-refractivity contribution is -0.141. The molecule has 2 heterocycles. The third-order valence-corrected chi connectivity index (χ3v) is 5.28. The Morgan fingerprint density at radius 3 is 2.90 bits per heavy atom. The molecule has 0 bridgehead atoms. The van der Waals surface area contributed by atoms with Gasteiger partial charge in [0.1, 0.15) is 17.0 Å². The van der Waals surface area contributed by atoms with Gasteiger partial charge in [-0.15, -0.1) is 0 Å². The quantitative estimate of drug-likeness (QED) is 0.866. The highest BCUT2D eigenvalue weighted by atomic mass is 32.2. The number of carboxylic acid groups (broad SMARTS) is 1. The van der Waals surface area contributed by atoms with Gasteiger partial charge in [-0.3, -0.25) is 4.79 Å². The Morgan fingerprint density at radius 2 is 2.30 bits per heavy atom. The van der Waals surface area contributed by atoms with E-state index in [0.717, 1.165) is 4.31 Å². The van der Waals surface area contributed by atoms with E-state index in [9.17, 15) is 18.3 Å². The summed E-state index contributed by atoms with van der Waals surface area (Å²) < 4.78 is 26.0. The number of nitrogens with zero attached hydrogens (tertiary/aromatic N) is 3. The van der Waals surface area contributed by atoms with Crippen molar-refractivity contribution in [2.45, 2.75) is 24.3 Å². The molecule has 1 aromatic rings. The van der Waals surface area contributed by atoms with Gasteiger partial charge in [-0.25, -0.2) is 13.4 Å². The Labute approximate surface area is 116 Å². The topological polar surface area (TPSA) is 111 Å². The number of hydrogen-bond acceptors (Lipinski definition) is 5. The number of carbonyl (C=O) groups is 1. The number of aliphatic carboxylic acids is 1. The fourth-order valence-corrected chi connectivity index (χ4v) is 4.15. The van der Waals surface area contributed by atoms with Crippen LogP contribution in [0.3, 0.4) is 0 Å². The van der Waals surface area contributed by atoms with Gasteiger partial charge in [0, 0.05) is 12.7 Å². The minimum Gasteiger partial charge on any atom is -0.480 e. The average molecular weight is 295 g/mol. The number of carboxylic acids is 1. The number of nitriles is 1. The second-order valence-electron chi connectivity index (χ2n) is 4.63. The third-order valence-electron chi connectivity index (χ3n) is 3.37. The van der Waals surface area contributed by atoms with Crippen LogP contribution in [0.25, 0.3) is 0 Å². The van der Waals surface area contributed by atoms with E-state index in [1.165, 1.54) is 18.3 Å². The number of sulfonamides is 1. The molecular weight excluding hydrogens is 282 g/mol. The lowest BCUT2D eigenvalue weighted by Gasteiger charge is -2.22. The molecule has 0 radical (unpaired) electrons. The average Bonchev–Trinajstić information content (AvgIpc) is 2.81.